The smallest absolute Gasteiger partial charge is 0.158 e. The number of nitrogens with one attached hydrogen (secondary N) is 1. The summed E-state index contributed by atoms with van der Waals surface area (Å²) >= 11 is 0. The van der Waals surface area contributed by atoms with Crippen molar-refractivity contribution in [2.75, 3.05) is 30.0 Å². The summed E-state index contributed by atoms with van der Waals surface area (Å²) in [6, 6.07) is 1.90. The molecule has 0 saturated carbocycles. The van der Waals surface area contributed by atoms with Gasteiger partial charge in [0.15, 0.2) is 5.82 Å². The van der Waals surface area contributed by atoms with E-state index in [0.717, 1.165) is 24.8 Å². The molecule has 1 aromatic heterocycles. The van der Waals surface area contributed by atoms with Crippen LogP contribution in [-0.2, 0) is 11.3 Å². The molecule has 2 unspecified atom stereocenters. The van der Waals surface area contributed by atoms with Gasteiger partial charge in [0.05, 0.1) is 0 Å². The summed E-state index contributed by atoms with van der Waals surface area (Å²) in [5.74, 6) is 9.17. The molecule has 0 aliphatic carbocycles. The molecule has 6 heteroatoms. The van der Waals surface area contributed by atoms with E-state index in [1.54, 1.807) is 0 Å². The second-order valence-electron chi connectivity index (χ2n) is 5.50. The SMILES string of the molecule is CCOCc1nc(NN)cc(N2CCC(C)C(C)C2)n1. The number of piperidine rings is 1. The van der Waals surface area contributed by atoms with Crippen LogP contribution >= 0.6 is 0 Å². The van der Waals surface area contributed by atoms with Gasteiger partial charge in [0.1, 0.15) is 18.2 Å². The summed E-state index contributed by atoms with van der Waals surface area (Å²) in [5, 5.41) is 0. The normalized spacial score (nSPS) is 22.9. The summed E-state index contributed by atoms with van der Waals surface area (Å²) in [7, 11) is 0. The number of nitrogens with zero attached hydrogens (tertiary/aromatic N) is 3. The zero-order valence-corrected chi connectivity index (χ0v) is 12.6. The van der Waals surface area contributed by atoms with Crippen LogP contribution in [0.25, 0.3) is 0 Å². The monoisotopic (exact) mass is 279 g/mol. The van der Waals surface area contributed by atoms with Crippen molar-refractivity contribution < 1.29 is 4.74 Å². The lowest BCUT2D eigenvalue weighted by Crippen LogP contribution is -2.39. The van der Waals surface area contributed by atoms with E-state index in [1.807, 2.05) is 13.0 Å². The van der Waals surface area contributed by atoms with Gasteiger partial charge in [-0.15, -0.1) is 0 Å². The van der Waals surface area contributed by atoms with Gasteiger partial charge in [-0.1, -0.05) is 13.8 Å². The van der Waals surface area contributed by atoms with E-state index in [-0.39, 0.29) is 0 Å². The van der Waals surface area contributed by atoms with Crippen molar-refractivity contribution in [1.29, 1.82) is 0 Å². The van der Waals surface area contributed by atoms with Crippen LogP contribution in [0.2, 0.25) is 0 Å². The molecule has 0 amide bonds. The largest absolute Gasteiger partial charge is 0.374 e. The Bertz CT molecular complexity index is 440. The zero-order valence-electron chi connectivity index (χ0n) is 12.6. The van der Waals surface area contributed by atoms with Gasteiger partial charge in [-0.2, -0.15) is 0 Å². The summed E-state index contributed by atoms with van der Waals surface area (Å²) in [6.45, 7) is 9.68. The molecule has 112 valence electrons. The first-order valence-electron chi connectivity index (χ1n) is 7.31. The van der Waals surface area contributed by atoms with Crippen molar-refractivity contribution in [3.8, 4) is 0 Å². The molecule has 0 radical (unpaired) electrons. The van der Waals surface area contributed by atoms with E-state index < -0.39 is 0 Å². The molecule has 1 aliphatic rings. The van der Waals surface area contributed by atoms with Crippen molar-refractivity contribution >= 4 is 11.6 Å². The predicted molar refractivity (Wildman–Crippen MR) is 80.3 cm³/mol. The molecular formula is C14H25N5O. The van der Waals surface area contributed by atoms with E-state index in [0.29, 0.717) is 30.8 Å². The second kappa shape index (κ2) is 6.85. The molecule has 0 bridgehead atoms. The fourth-order valence-electron chi connectivity index (χ4n) is 2.45. The Kier molecular flexibility index (Phi) is 5.14. The van der Waals surface area contributed by atoms with Crippen LogP contribution in [0, 0.1) is 11.8 Å². The highest BCUT2D eigenvalue weighted by Gasteiger charge is 2.24. The number of anilines is 2. The van der Waals surface area contributed by atoms with Crippen LogP contribution in [0.1, 0.15) is 33.0 Å². The number of aromatic nitrogens is 2. The molecular weight excluding hydrogens is 254 g/mol. The number of hydrazine groups is 1. The van der Waals surface area contributed by atoms with Crippen molar-refractivity contribution in [1.82, 2.24) is 9.97 Å². The van der Waals surface area contributed by atoms with E-state index >= 15 is 0 Å². The van der Waals surface area contributed by atoms with Crippen LogP contribution in [0.4, 0.5) is 11.6 Å². The van der Waals surface area contributed by atoms with E-state index in [2.05, 4.69) is 34.1 Å². The first-order valence-corrected chi connectivity index (χ1v) is 7.31. The molecule has 0 aromatic carbocycles. The number of hydrogen-bond donors (Lipinski definition) is 2. The summed E-state index contributed by atoms with van der Waals surface area (Å²) < 4.78 is 5.39. The summed E-state index contributed by atoms with van der Waals surface area (Å²) in [5.41, 5.74) is 2.61. The maximum atomic E-state index is 5.50. The third kappa shape index (κ3) is 3.58. The molecule has 0 spiro atoms. The minimum atomic E-state index is 0.415. The molecule has 1 fully saturated rings. The van der Waals surface area contributed by atoms with Crippen LogP contribution in [-0.4, -0.2) is 29.7 Å². The average Bonchev–Trinajstić information content (AvgIpc) is 2.47. The highest BCUT2D eigenvalue weighted by molar-refractivity contribution is 5.49. The molecule has 1 aliphatic heterocycles. The first-order chi connectivity index (χ1) is 9.63. The lowest BCUT2D eigenvalue weighted by Gasteiger charge is -2.36. The quantitative estimate of drug-likeness (QED) is 0.632. The number of rotatable bonds is 5. The average molecular weight is 279 g/mol. The van der Waals surface area contributed by atoms with Crippen LogP contribution in [0.15, 0.2) is 6.07 Å². The van der Waals surface area contributed by atoms with Gasteiger partial charge in [-0.05, 0) is 25.2 Å². The Morgan fingerprint density at radius 1 is 1.40 bits per heavy atom. The van der Waals surface area contributed by atoms with Crippen molar-refractivity contribution in [3.63, 3.8) is 0 Å². The summed E-state index contributed by atoms with van der Waals surface area (Å²) in [4.78, 5) is 11.2. The Balaban J connectivity index is 2.17. The number of hydrogen-bond acceptors (Lipinski definition) is 6. The van der Waals surface area contributed by atoms with Gasteiger partial charge in [0, 0.05) is 25.8 Å². The number of ether oxygens (including phenoxy) is 1. The Morgan fingerprint density at radius 2 is 2.20 bits per heavy atom. The summed E-state index contributed by atoms with van der Waals surface area (Å²) in [6.07, 6.45) is 1.19. The first kappa shape index (κ1) is 15.0. The molecule has 6 nitrogen and oxygen atoms in total. The lowest BCUT2D eigenvalue weighted by atomic mass is 9.89. The van der Waals surface area contributed by atoms with Gasteiger partial charge in [0.25, 0.3) is 0 Å². The molecule has 2 atom stereocenters. The van der Waals surface area contributed by atoms with Gasteiger partial charge in [-0.3, -0.25) is 0 Å². The molecule has 1 saturated heterocycles. The maximum absolute atomic E-state index is 5.50. The highest BCUT2D eigenvalue weighted by atomic mass is 16.5. The van der Waals surface area contributed by atoms with Gasteiger partial charge in [0.2, 0.25) is 0 Å². The predicted octanol–water partition coefficient (Wildman–Crippen LogP) is 1.78. The highest BCUT2D eigenvalue weighted by Crippen LogP contribution is 2.26. The fourth-order valence-corrected chi connectivity index (χ4v) is 2.45. The van der Waals surface area contributed by atoms with Crippen LogP contribution in [0.5, 0.6) is 0 Å². The van der Waals surface area contributed by atoms with Gasteiger partial charge >= 0.3 is 0 Å². The molecule has 20 heavy (non-hydrogen) atoms. The van der Waals surface area contributed by atoms with Gasteiger partial charge < -0.3 is 15.1 Å². The number of nitrogens with two attached hydrogens (primary N) is 1. The fraction of sp³-hybridized carbons (Fsp3) is 0.714. The Labute approximate surface area is 120 Å². The van der Waals surface area contributed by atoms with E-state index in [4.69, 9.17) is 10.6 Å². The lowest BCUT2D eigenvalue weighted by molar-refractivity contribution is 0.128. The molecule has 3 N–H and O–H groups in total. The Morgan fingerprint density at radius 3 is 2.85 bits per heavy atom. The Hall–Kier alpha value is -1.40. The minimum absolute atomic E-state index is 0.415. The standard InChI is InChI=1S/C14H25N5O/c1-4-20-9-13-16-12(18-15)7-14(17-13)19-6-5-10(2)11(3)8-19/h7,10-11H,4-6,8-9,15H2,1-3H3,(H,16,17,18). The maximum Gasteiger partial charge on any atom is 0.158 e. The van der Waals surface area contributed by atoms with Crippen molar-refractivity contribution in [2.45, 2.75) is 33.8 Å². The zero-order chi connectivity index (χ0) is 14.5. The van der Waals surface area contributed by atoms with Crippen LogP contribution in [0.3, 0.4) is 0 Å². The third-order valence-corrected chi connectivity index (χ3v) is 4.00. The minimum Gasteiger partial charge on any atom is -0.374 e. The topological polar surface area (TPSA) is 76.3 Å². The third-order valence-electron chi connectivity index (χ3n) is 4.00. The van der Waals surface area contributed by atoms with E-state index in [1.165, 1.54) is 6.42 Å². The van der Waals surface area contributed by atoms with Gasteiger partial charge in [-0.25, -0.2) is 15.8 Å². The number of nitrogen functional groups attached to an aromatic ring is 1. The van der Waals surface area contributed by atoms with Crippen LogP contribution < -0.4 is 16.2 Å². The van der Waals surface area contributed by atoms with Crippen molar-refractivity contribution in [3.05, 3.63) is 11.9 Å². The molecule has 2 heterocycles. The second-order valence-corrected chi connectivity index (χ2v) is 5.50. The van der Waals surface area contributed by atoms with E-state index in [9.17, 15) is 0 Å². The molecule has 1 aromatic rings. The molecule has 2 rings (SSSR count). The van der Waals surface area contributed by atoms with Crippen molar-refractivity contribution in [2.24, 2.45) is 17.7 Å².